The smallest absolute Gasteiger partial charge is 0.269 e. The first-order valence-electron chi connectivity index (χ1n) is 8.27. The van der Waals surface area contributed by atoms with E-state index in [1.54, 1.807) is 42.6 Å². The highest BCUT2D eigenvalue weighted by Crippen LogP contribution is 2.36. The van der Waals surface area contributed by atoms with Gasteiger partial charge in [0.2, 0.25) is 0 Å². The van der Waals surface area contributed by atoms with Gasteiger partial charge in [-0.3, -0.25) is 0 Å². The normalized spacial score (nSPS) is 11.6. The summed E-state index contributed by atoms with van der Waals surface area (Å²) in [4.78, 5) is 4.50. The number of fused-ring (bicyclic) bond motifs is 1. The second kappa shape index (κ2) is 6.72. The third kappa shape index (κ3) is 2.97. The molecule has 0 aliphatic rings. The third-order valence-corrected chi connectivity index (χ3v) is 6.35. The minimum atomic E-state index is -3.81. The minimum absolute atomic E-state index is 0.194. The van der Waals surface area contributed by atoms with Gasteiger partial charge in [0.15, 0.2) is 5.65 Å². The molecule has 27 heavy (non-hydrogen) atoms. The Labute approximate surface area is 162 Å². The third-order valence-electron chi connectivity index (χ3n) is 4.37. The lowest BCUT2D eigenvalue weighted by molar-refractivity contribution is 0.589. The Morgan fingerprint density at radius 2 is 1.81 bits per heavy atom. The second-order valence-corrected chi connectivity index (χ2v) is 8.20. The molecule has 0 atom stereocenters. The number of benzene rings is 2. The lowest BCUT2D eigenvalue weighted by Crippen LogP contribution is -2.12. The summed E-state index contributed by atoms with van der Waals surface area (Å²) < 4.78 is 27.6. The van der Waals surface area contributed by atoms with Crippen LogP contribution in [0, 0.1) is 0 Å². The number of nitrogens with zero attached hydrogens (tertiary/aromatic N) is 2. The molecule has 0 saturated carbocycles. The van der Waals surface area contributed by atoms with E-state index in [1.807, 2.05) is 31.3 Å². The lowest BCUT2D eigenvalue weighted by Gasteiger charge is -2.06. The van der Waals surface area contributed by atoms with Crippen LogP contribution in [0.4, 0.5) is 5.69 Å². The predicted molar refractivity (Wildman–Crippen MR) is 109 cm³/mol. The standard InChI is InChI=1S/C20H16ClN3O2S/c1-22-15-7-5-6-14(12-15)17-13-24(20-19(17)18(21)10-11-23-20)27(25,26)16-8-3-2-4-9-16/h2-13,22H,1H3. The van der Waals surface area contributed by atoms with Crippen LogP contribution in [0.5, 0.6) is 0 Å². The molecule has 4 aromatic rings. The first-order chi connectivity index (χ1) is 13.0. The van der Waals surface area contributed by atoms with E-state index in [0.29, 0.717) is 21.6 Å². The summed E-state index contributed by atoms with van der Waals surface area (Å²) >= 11 is 6.43. The molecule has 5 nitrogen and oxygen atoms in total. The predicted octanol–water partition coefficient (Wildman–Crippen LogP) is 4.64. The van der Waals surface area contributed by atoms with Crippen LogP contribution < -0.4 is 5.32 Å². The number of pyridine rings is 1. The molecular weight excluding hydrogens is 382 g/mol. The molecule has 0 radical (unpaired) electrons. The van der Waals surface area contributed by atoms with E-state index in [9.17, 15) is 8.42 Å². The largest absolute Gasteiger partial charge is 0.388 e. The first kappa shape index (κ1) is 17.6. The van der Waals surface area contributed by atoms with Crippen LogP contribution in [-0.2, 0) is 10.0 Å². The monoisotopic (exact) mass is 397 g/mol. The van der Waals surface area contributed by atoms with Crippen LogP contribution in [0.1, 0.15) is 0 Å². The van der Waals surface area contributed by atoms with Crippen molar-refractivity contribution >= 4 is 38.3 Å². The summed E-state index contributed by atoms with van der Waals surface area (Å²) in [6.45, 7) is 0. The molecule has 2 heterocycles. The zero-order chi connectivity index (χ0) is 19.0. The quantitative estimate of drug-likeness (QED) is 0.545. The van der Waals surface area contributed by atoms with Crippen LogP contribution in [0.2, 0.25) is 5.02 Å². The van der Waals surface area contributed by atoms with Gasteiger partial charge in [0.1, 0.15) is 0 Å². The fourth-order valence-corrected chi connectivity index (χ4v) is 4.62. The minimum Gasteiger partial charge on any atom is -0.388 e. The average Bonchev–Trinajstić information content (AvgIpc) is 3.11. The molecule has 7 heteroatoms. The van der Waals surface area contributed by atoms with Crippen LogP contribution in [0.15, 0.2) is 78.0 Å². The molecule has 136 valence electrons. The molecule has 4 rings (SSSR count). The number of halogens is 1. The van der Waals surface area contributed by atoms with Crippen LogP contribution in [0.3, 0.4) is 0 Å². The number of hydrogen-bond acceptors (Lipinski definition) is 4. The molecule has 0 saturated heterocycles. The van der Waals surface area contributed by atoms with Crippen molar-refractivity contribution in [3.05, 3.63) is 78.1 Å². The maximum Gasteiger partial charge on any atom is 0.269 e. The van der Waals surface area contributed by atoms with Gasteiger partial charge in [-0.25, -0.2) is 17.4 Å². The number of hydrogen-bond donors (Lipinski definition) is 1. The Morgan fingerprint density at radius 1 is 1.04 bits per heavy atom. The maximum absolute atomic E-state index is 13.2. The van der Waals surface area contributed by atoms with Gasteiger partial charge in [-0.1, -0.05) is 41.9 Å². The SMILES string of the molecule is CNc1cccc(-c2cn(S(=O)(=O)c3ccccc3)c3nccc(Cl)c23)c1. The van der Waals surface area contributed by atoms with E-state index in [2.05, 4.69) is 10.3 Å². The molecule has 0 spiro atoms. The summed E-state index contributed by atoms with van der Waals surface area (Å²) in [7, 11) is -1.98. The molecule has 0 amide bonds. The molecular formula is C20H16ClN3O2S. The molecule has 2 aromatic carbocycles. The van der Waals surface area contributed by atoms with Crippen molar-refractivity contribution in [3.8, 4) is 11.1 Å². The average molecular weight is 398 g/mol. The fourth-order valence-electron chi connectivity index (χ4n) is 3.04. The number of rotatable bonds is 4. The van der Waals surface area contributed by atoms with Crippen molar-refractivity contribution < 1.29 is 8.42 Å². The van der Waals surface area contributed by atoms with Gasteiger partial charge < -0.3 is 5.32 Å². The van der Waals surface area contributed by atoms with Crippen LogP contribution in [0.25, 0.3) is 22.2 Å². The zero-order valence-corrected chi connectivity index (χ0v) is 16.0. The lowest BCUT2D eigenvalue weighted by atomic mass is 10.1. The fraction of sp³-hybridized carbons (Fsp3) is 0.0500. The summed E-state index contributed by atoms with van der Waals surface area (Å²) in [6.07, 6.45) is 3.09. The summed E-state index contributed by atoms with van der Waals surface area (Å²) in [6, 6.07) is 17.6. The number of aromatic nitrogens is 2. The van der Waals surface area contributed by atoms with Crippen LogP contribution >= 0.6 is 11.6 Å². The highest BCUT2D eigenvalue weighted by molar-refractivity contribution is 7.90. The number of anilines is 1. The molecule has 0 fully saturated rings. The van der Waals surface area contributed by atoms with Gasteiger partial charge in [-0.15, -0.1) is 0 Å². The van der Waals surface area contributed by atoms with Gasteiger partial charge in [-0.2, -0.15) is 0 Å². The van der Waals surface area contributed by atoms with Gasteiger partial charge >= 0.3 is 0 Å². The summed E-state index contributed by atoms with van der Waals surface area (Å²) in [5, 5.41) is 4.14. The Kier molecular flexibility index (Phi) is 4.37. The van der Waals surface area contributed by atoms with Gasteiger partial charge in [-0.05, 0) is 35.9 Å². The van der Waals surface area contributed by atoms with Crippen molar-refractivity contribution in [2.75, 3.05) is 12.4 Å². The summed E-state index contributed by atoms with van der Waals surface area (Å²) in [5.41, 5.74) is 2.78. The second-order valence-electron chi connectivity index (χ2n) is 5.98. The molecule has 1 N–H and O–H groups in total. The van der Waals surface area contributed by atoms with E-state index >= 15 is 0 Å². The topological polar surface area (TPSA) is 64.0 Å². The van der Waals surface area contributed by atoms with E-state index in [4.69, 9.17) is 11.6 Å². The van der Waals surface area contributed by atoms with Crippen molar-refractivity contribution in [1.29, 1.82) is 0 Å². The van der Waals surface area contributed by atoms with E-state index in [0.717, 1.165) is 11.3 Å². The van der Waals surface area contributed by atoms with E-state index in [1.165, 1.54) is 10.2 Å². The van der Waals surface area contributed by atoms with Crippen molar-refractivity contribution in [2.45, 2.75) is 4.90 Å². The molecule has 0 bridgehead atoms. The first-order valence-corrected chi connectivity index (χ1v) is 10.1. The zero-order valence-electron chi connectivity index (χ0n) is 14.4. The Morgan fingerprint density at radius 3 is 2.56 bits per heavy atom. The highest BCUT2D eigenvalue weighted by Gasteiger charge is 2.23. The molecule has 0 unspecified atom stereocenters. The van der Waals surface area contributed by atoms with Gasteiger partial charge in [0.05, 0.1) is 9.92 Å². The van der Waals surface area contributed by atoms with Gasteiger partial charge in [0, 0.05) is 36.1 Å². The Balaban J connectivity index is 2.03. The van der Waals surface area contributed by atoms with Crippen molar-refractivity contribution in [3.63, 3.8) is 0 Å². The highest BCUT2D eigenvalue weighted by atomic mass is 35.5. The van der Waals surface area contributed by atoms with Crippen molar-refractivity contribution in [1.82, 2.24) is 8.96 Å². The Hall–Kier alpha value is -2.83. The summed E-state index contributed by atoms with van der Waals surface area (Å²) in [5.74, 6) is 0. The van der Waals surface area contributed by atoms with Crippen molar-refractivity contribution in [2.24, 2.45) is 0 Å². The van der Waals surface area contributed by atoms with Crippen LogP contribution in [-0.4, -0.2) is 24.4 Å². The van der Waals surface area contributed by atoms with E-state index in [-0.39, 0.29) is 4.90 Å². The molecule has 0 aliphatic carbocycles. The Bertz CT molecular complexity index is 1230. The molecule has 0 aliphatic heterocycles. The molecule has 2 aromatic heterocycles. The van der Waals surface area contributed by atoms with E-state index < -0.39 is 10.0 Å². The van der Waals surface area contributed by atoms with Gasteiger partial charge in [0.25, 0.3) is 10.0 Å². The maximum atomic E-state index is 13.2. The number of nitrogens with one attached hydrogen (secondary N) is 1.